The first-order valence-electron chi connectivity index (χ1n) is 9.72. The van der Waals surface area contributed by atoms with Gasteiger partial charge < -0.3 is 10.4 Å². The Balaban J connectivity index is -0.000000580. The Kier molecular flexibility index (Phi) is 27.8. The maximum Gasteiger partial charge on any atom is 0.337 e. The number of hydrogen-bond donors (Lipinski definition) is 2. The zero-order valence-corrected chi connectivity index (χ0v) is 21.7. The van der Waals surface area contributed by atoms with Gasteiger partial charge in [-0.3, -0.25) is 4.79 Å². The average Bonchev–Trinajstić information content (AvgIpc) is 2.75. The van der Waals surface area contributed by atoms with Crippen LogP contribution in [0, 0.1) is 12.3 Å². The molecule has 0 aromatic rings. The molecule has 0 radical (unpaired) electrons. The van der Waals surface area contributed by atoms with Crippen LogP contribution in [-0.4, -0.2) is 22.7 Å². The van der Waals surface area contributed by atoms with Crippen molar-refractivity contribution in [3.05, 3.63) is 95.1 Å². The largest absolute Gasteiger partial charge is 0.478 e. The number of carbonyl (C=O) groups excluding carboxylic acids is 1. The molecule has 0 aromatic carbocycles. The fraction of sp³-hybridized carbons (Fsp3) is 0.231. The van der Waals surface area contributed by atoms with Crippen LogP contribution < -0.4 is 5.32 Å². The average molecular weight is 521 g/mol. The Morgan fingerprint density at radius 3 is 2.28 bits per heavy atom. The van der Waals surface area contributed by atoms with E-state index in [1.807, 2.05) is 31.2 Å². The number of hydrogen-bond acceptors (Lipinski definition) is 3. The summed E-state index contributed by atoms with van der Waals surface area (Å²) in [7, 11) is 0. The first-order valence-corrected chi connectivity index (χ1v) is 11.6. The summed E-state index contributed by atoms with van der Waals surface area (Å²) >= 11 is 4.83. The van der Waals surface area contributed by atoms with Crippen LogP contribution in [0.4, 0.5) is 0 Å². The zero-order valence-electron chi connectivity index (χ0n) is 19.3. The van der Waals surface area contributed by atoms with Crippen molar-refractivity contribution in [1.82, 2.24) is 5.32 Å². The normalized spacial score (nSPS) is 11.5. The molecule has 0 spiro atoms. The van der Waals surface area contributed by atoms with Gasteiger partial charge in [-0.15, -0.1) is 24.1 Å². The number of rotatable bonds is 11. The van der Waals surface area contributed by atoms with E-state index in [1.165, 1.54) is 12.2 Å². The molecule has 6 heteroatoms. The van der Waals surface area contributed by atoms with E-state index in [0.29, 0.717) is 0 Å². The quantitative estimate of drug-likeness (QED) is 0.174. The van der Waals surface area contributed by atoms with Gasteiger partial charge in [-0.25, -0.2) is 4.79 Å². The number of thioether (sulfide) groups is 1. The minimum Gasteiger partial charge on any atom is -0.478 e. The molecule has 32 heavy (non-hydrogen) atoms. The lowest BCUT2D eigenvalue weighted by atomic mass is 10.1. The SMILES string of the molecule is C#CC.C/C=C\C=C/CC(=O)NC(=C/C=C/Br)/C(=C\C)C(=O)O.C=C/C=C\C(=C)SCC. The van der Waals surface area contributed by atoms with Crippen molar-refractivity contribution in [2.75, 3.05) is 5.75 Å². The molecule has 2 N–H and O–H groups in total. The summed E-state index contributed by atoms with van der Waals surface area (Å²) in [4.78, 5) is 25.5. The molecule has 174 valence electrons. The molecule has 0 saturated carbocycles. The topological polar surface area (TPSA) is 66.4 Å². The third-order valence-electron chi connectivity index (χ3n) is 2.91. The predicted molar refractivity (Wildman–Crippen MR) is 145 cm³/mol. The molecular weight excluding hydrogens is 486 g/mol. The summed E-state index contributed by atoms with van der Waals surface area (Å²) < 4.78 is 0. The summed E-state index contributed by atoms with van der Waals surface area (Å²) in [6.07, 6.45) is 22.0. The summed E-state index contributed by atoms with van der Waals surface area (Å²) in [6.45, 7) is 14.6. The van der Waals surface area contributed by atoms with Gasteiger partial charge in [0.05, 0.1) is 11.3 Å². The summed E-state index contributed by atoms with van der Waals surface area (Å²) in [6, 6.07) is 0. The monoisotopic (exact) mass is 519 g/mol. The third kappa shape index (κ3) is 23.5. The van der Waals surface area contributed by atoms with Gasteiger partial charge in [-0.2, -0.15) is 0 Å². The lowest BCUT2D eigenvalue weighted by molar-refractivity contribution is -0.132. The van der Waals surface area contributed by atoms with Crippen LogP contribution in [0.2, 0.25) is 0 Å². The second kappa shape index (κ2) is 26.3. The molecule has 0 heterocycles. The molecule has 0 atom stereocenters. The van der Waals surface area contributed by atoms with Crippen molar-refractivity contribution < 1.29 is 14.7 Å². The van der Waals surface area contributed by atoms with Gasteiger partial charge in [0.25, 0.3) is 0 Å². The van der Waals surface area contributed by atoms with Crippen LogP contribution in [0.25, 0.3) is 0 Å². The maximum atomic E-state index is 11.7. The van der Waals surface area contributed by atoms with Crippen molar-refractivity contribution >= 4 is 39.6 Å². The van der Waals surface area contributed by atoms with Crippen molar-refractivity contribution in [1.29, 1.82) is 0 Å². The lowest BCUT2D eigenvalue weighted by Gasteiger charge is -2.09. The van der Waals surface area contributed by atoms with Gasteiger partial charge in [0.15, 0.2) is 0 Å². The van der Waals surface area contributed by atoms with E-state index in [4.69, 9.17) is 5.11 Å². The molecule has 4 nitrogen and oxygen atoms in total. The van der Waals surface area contributed by atoms with Crippen LogP contribution >= 0.6 is 27.7 Å². The highest BCUT2D eigenvalue weighted by atomic mass is 79.9. The third-order valence-corrected chi connectivity index (χ3v) is 4.01. The summed E-state index contributed by atoms with van der Waals surface area (Å²) in [5, 5.41) is 11.7. The van der Waals surface area contributed by atoms with E-state index >= 15 is 0 Å². The van der Waals surface area contributed by atoms with Gasteiger partial charge in [0.2, 0.25) is 5.91 Å². The highest BCUT2D eigenvalue weighted by Gasteiger charge is 2.13. The number of allylic oxidation sites excluding steroid dienone is 9. The number of carbonyl (C=O) groups is 2. The van der Waals surface area contributed by atoms with Crippen molar-refractivity contribution in [2.45, 2.75) is 34.1 Å². The maximum absolute atomic E-state index is 11.7. The van der Waals surface area contributed by atoms with E-state index in [2.05, 4.69) is 53.7 Å². The lowest BCUT2D eigenvalue weighted by Crippen LogP contribution is -2.25. The molecule has 0 bridgehead atoms. The van der Waals surface area contributed by atoms with Crippen molar-refractivity contribution in [2.24, 2.45) is 0 Å². The summed E-state index contributed by atoms with van der Waals surface area (Å²) in [5.41, 5.74) is 0.293. The first-order chi connectivity index (χ1) is 15.3. The minimum absolute atomic E-state index is 0.0429. The molecule has 0 unspecified atom stereocenters. The standard InChI is InChI=1S/C15H18BrNO3.C8H12S.C3H4/c1-3-5-6-7-10-14(18)17-13(9-8-11-16)12(4-2)15(19)20;1-4-6-7-8(3)9-5-2;1-3-2/h3-9,11H,10H2,1-2H3,(H,17,18)(H,19,20);4,6-7H,1,3,5H2,2H3;1H,2H3/b5-3-,7-6-,11-8+,12-4+,13-9+;7-6-;. The second-order valence-electron chi connectivity index (χ2n) is 5.40. The molecule has 0 rings (SSSR count). The molecule has 0 aliphatic carbocycles. The van der Waals surface area contributed by atoms with Gasteiger partial charge in [0.1, 0.15) is 0 Å². The molecule has 0 fully saturated rings. The Labute approximate surface area is 206 Å². The number of nitrogens with one attached hydrogen (secondary N) is 1. The van der Waals surface area contributed by atoms with Gasteiger partial charge >= 0.3 is 5.97 Å². The Morgan fingerprint density at radius 1 is 1.22 bits per heavy atom. The van der Waals surface area contributed by atoms with E-state index in [1.54, 1.807) is 54.9 Å². The van der Waals surface area contributed by atoms with E-state index in [9.17, 15) is 9.59 Å². The highest BCUT2D eigenvalue weighted by molar-refractivity contribution is 9.11. The molecule has 0 saturated heterocycles. The Hall–Kier alpha value is -2.75. The molecular formula is C26H34BrNO3S. The van der Waals surface area contributed by atoms with Crippen LogP contribution in [0.15, 0.2) is 95.1 Å². The van der Waals surface area contributed by atoms with Gasteiger partial charge in [-0.1, -0.05) is 84.6 Å². The van der Waals surface area contributed by atoms with E-state index < -0.39 is 5.97 Å². The fourth-order valence-electron chi connectivity index (χ4n) is 1.70. The van der Waals surface area contributed by atoms with Crippen molar-refractivity contribution in [3.63, 3.8) is 0 Å². The van der Waals surface area contributed by atoms with Crippen LogP contribution in [0.1, 0.15) is 34.1 Å². The van der Waals surface area contributed by atoms with Gasteiger partial charge in [0, 0.05) is 6.42 Å². The second-order valence-corrected chi connectivity index (χ2v) is 7.31. The Morgan fingerprint density at radius 2 is 1.84 bits per heavy atom. The molecule has 0 aromatic heterocycles. The van der Waals surface area contributed by atoms with E-state index in [-0.39, 0.29) is 23.6 Å². The van der Waals surface area contributed by atoms with Crippen LogP contribution in [-0.2, 0) is 9.59 Å². The van der Waals surface area contributed by atoms with E-state index in [0.717, 1.165) is 10.7 Å². The zero-order chi connectivity index (χ0) is 25.2. The molecule has 0 aliphatic heterocycles. The number of terminal acetylenes is 1. The van der Waals surface area contributed by atoms with Crippen molar-refractivity contribution in [3.8, 4) is 12.3 Å². The number of halogens is 1. The first kappa shape index (κ1) is 33.9. The smallest absolute Gasteiger partial charge is 0.337 e. The highest BCUT2D eigenvalue weighted by Crippen LogP contribution is 2.12. The number of carboxylic acids is 1. The predicted octanol–water partition coefficient (Wildman–Crippen LogP) is 7.08. The summed E-state index contributed by atoms with van der Waals surface area (Å²) in [5.74, 6) is 1.97. The van der Waals surface area contributed by atoms with Gasteiger partial charge in [-0.05, 0) is 48.6 Å². The fourth-order valence-corrected chi connectivity index (χ4v) is 2.40. The number of amides is 1. The van der Waals surface area contributed by atoms with Crippen LogP contribution in [0.5, 0.6) is 0 Å². The number of carboxylic acid groups (broad SMARTS) is 1. The molecule has 0 aliphatic rings. The Bertz CT molecular complexity index is 794. The number of aliphatic carboxylic acids is 1. The van der Waals surface area contributed by atoms with Crippen LogP contribution in [0.3, 0.4) is 0 Å². The minimum atomic E-state index is -1.09. The molecule has 1 amide bonds.